The van der Waals surface area contributed by atoms with Gasteiger partial charge in [-0.15, -0.1) is 0 Å². The molecule has 0 radical (unpaired) electrons. The van der Waals surface area contributed by atoms with Crippen molar-refractivity contribution in [2.45, 2.75) is 50.8 Å². The summed E-state index contributed by atoms with van der Waals surface area (Å²) >= 11 is 0. The minimum Gasteiger partial charge on any atom is -0.480 e. The van der Waals surface area contributed by atoms with Crippen LogP contribution in [0.5, 0.6) is 0 Å². The van der Waals surface area contributed by atoms with Gasteiger partial charge in [0.2, 0.25) is 0 Å². The molecule has 2 rings (SSSR count). The molecule has 1 aliphatic rings. The van der Waals surface area contributed by atoms with Crippen molar-refractivity contribution in [3.8, 4) is 0 Å². The fourth-order valence-electron chi connectivity index (χ4n) is 3.04. The summed E-state index contributed by atoms with van der Waals surface area (Å²) < 4.78 is 5.16. The predicted octanol–water partition coefficient (Wildman–Crippen LogP) is 1.02. The number of nitrogens with one attached hydrogen (secondary N) is 2. The van der Waals surface area contributed by atoms with Crippen LogP contribution in [0.15, 0.2) is 30.3 Å². The zero-order valence-electron chi connectivity index (χ0n) is 15.7. The van der Waals surface area contributed by atoms with E-state index in [0.29, 0.717) is 25.7 Å². The fraction of sp³-hybridized carbons (Fsp3) is 0.526. The number of hydrogen-bond acceptors (Lipinski definition) is 6. The number of aliphatic carboxylic acids is 1. The molecule has 1 unspecified atom stereocenters. The molecule has 1 aromatic carbocycles. The van der Waals surface area contributed by atoms with E-state index in [1.807, 2.05) is 30.3 Å². The molecule has 1 aliphatic heterocycles. The highest BCUT2D eigenvalue weighted by atomic mass is 16.5. The number of carbonyl (C=O) groups is 3. The van der Waals surface area contributed by atoms with Crippen LogP contribution >= 0.6 is 0 Å². The topological polar surface area (TPSA) is 128 Å². The van der Waals surface area contributed by atoms with E-state index in [-0.39, 0.29) is 19.3 Å². The van der Waals surface area contributed by atoms with Crippen molar-refractivity contribution in [3.05, 3.63) is 35.9 Å². The van der Waals surface area contributed by atoms with Gasteiger partial charge < -0.3 is 20.3 Å². The molecular weight excluding hydrogens is 366 g/mol. The molecule has 0 bridgehead atoms. The molecule has 2 atom stereocenters. The number of ether oxygens (including phenoxy) is 1. The van der Waals surface area contributed by atoms with E-state index in [2.05, 4.69) is 10.7 Å². The summed E-state index contributed by atoms with van der Waals surface area (Å²) in [7, 11) is 0. The molecule has 1 saturated heterocycles. The summed E-state index contributed by atoms with van der Waals surface area (Å²) in [4.78, 5) is 35.9. The lowest BCUT2D eigenvalue weighted by molar-refractivity contribution is -0.147. The first kappa shape index (κ1) is 21.6. The maximum Gasteiger partial charge on any atom is 0.408 e. The Labute approximate surface area is 163 Å². The number of hydrogen-bond donors (Lipinski definition) is 4. The third kappa shape index (κ3) is 7.16. The average Bonchev–Trinajstić information content (AvgIpc) is 2.81. The van der Waals surface area contributed by atoms with Gasteiger partial charge in [-0.05, 0) is 37.7 Å². The van der Waals surface area contributed by atoms with Crippen molar-refractivity contribution < 1.29 is 29.3 Å². The second kappa shape index (κ2) is 11.3. The fourth-order valence-corrected chi connectivity index (χ4v) is 3.04. The SMILES string of the molecule is O=C(O)CN1N[C@@H](CCCCO)CCC(NC(=O)OCc2ccccc2)C1=O. The number of amides is 2. The second-order valence-corrected chi connectivity index (χ2v) is 6.70. The second-order valence-electron chi connectivity index (χ2n) is 6.70. The monoisotopic (exact) mass is 393 g/mol. The molecule has 0 saturated carbocycles. The van der Waals surface area contributed by atoms with Gasteiger partial charge in [-0.3, -0.25) is 14.6 Å². The van der Waals surface area contributed by atoms with Crippen LogP contribution < -0.4 is 10.7 Å². The third-order valence-corrected chi connectivity index (χ3v) is 4.47. The molecule has 9 heteroatoms. The molecule has 4 N–H and O–H groups in total. The molecule has 0 aliphatic carbocycles. The minimum absolute atomic E-state index is 0.0778. The van der Waals surface area contributed by atoms with Gasteiger partial charge in [0.05, 0.1) is 0 Å². The van der Waals surface area contributed by atoms with Crippen LogP contribution in [0.2, 0.25) is 0 Å². The Morgan fingerprint density at radius 1 is 1.21 bits per heavy atom. The van der Waals surface area contributed by atoms with Crippen molar-refractivity contribution in [3.63, 3.8) is 0 Å². The summed E-state index contributed by atoms with van der Waals surface area (Å²) in [6, 6.07) is 8.18. The number of carboxylic acids is 1. The van der Waals surface area contributed by atoms with Gasteiger partial charge >= 0.3 is 12.1 Å². The summed E-state index contributed by atoms with van der Waals surface area (Å²) in [6.45, 7) is -0.344. The van der Waals surface area contributed by atoms with E-state index in [0.717, 1.165) is 17.0 Å². The van der Waals surface area contributed by atoms with Crippen molar-refractivity contribution in [2.75, 3.05) is 13.2 Å². The zero-order chi connectivity index (χ0) is 20.4. The molecule has 0 spiro atoms. The van der Waals surface area contributed by atoms with Crippen LogP contribution in [0.25, 0.3) is 0 Å². The van der Waals surface area contributed by atoms with Crippen molar-refractivity contribution >= 4 is 18.0 Å². The van der Waals surface area contributed by atoms with Crippen LogP contribution in [0, 0.1) is 0 Å². The molecular formula is C19H27N3O6. The minimum atomic E-state index is -1.15. The molecule has 2 amide bonds. The maximum absolute atomic E-state index is 12.7. The molecule has 0 aromatic heterocycles. The number of alkyl carbamates (subject to hydrolysis) is 1. The maximum atomic E-state index is 12.7. The molecule has 1 heterocycles. The molecule has 28 heavy (non-hydrogen) atoms. The number of aliphatic hydroxyl groups is 1. The highest BCUT2D eigenvalue weighted by molar-refractivity contribution is 5.87. The van der Waals surface area contributed by atoms with Crippen LogP contribution in [0.4, 0.5) is 4.79 Å². The normalized spacial score (nSPS) is 19.8. The average molecular weight is 393 g/mol. The summed E-state index contributed by atoms with van der Waals surface area (Å²) in [6.07, 6.45) is 2.30. The van der Waals surface area contributed by atoms with E-state index in [9.17, 15) is 14.4 Å². The highest BCUT2D eigenvalue weighted by Crippen LogP contribution is 2.15. The largest absolute Gasteiger partial charge is 0.480 e. The van der Waals surface area contributed by atoms with E-state index < -0.39 is 30.6 Å². The van der Waals surface area contributed by atoms with Crippen LogP contribution in [0.3, 0.4) is 0 Å². The lowest BCUT2D eigenvalue weighted by Gasteiger charge is -2.26. The van der Waals surface area contributed by atoms with Crippen LogP contribution in [0.1, 0.15) is 37.7 Å². The molecule has 154 valence electrons. The first-order valence-electron chi connectivity index (χ1n) is 9.37. The van der Waals surface area contributed by atoms with Gasteiger partial charge in [-0.2, -0.15) is 0 Å². The summed E-state index contributed by atoms with van der Waals surface area (Å²) in [5, 5.41) is 21.6. The Bertz CT molecular complexity index is 654. The van der Waals surface area contributed by atoms with Crippen LogP contribution in [-0.2, 0) is 20.9 Å². The number of benzene rings is 1. The van der Waals surface area contributed by atoms with E-state index in [1.165, 1.54) is 0 Å². The quantitative estimate of drug-likeness (QED) is 0.461. The molecule has 1 fully saturated rings. The van der Waals surface area contributed by atoms with Gasteiger partial charge in [-0.25, -0.2) is 10.2 Å². The Morgan fingerprint density at radius 2 is 1.96 bits per heavy atom. The first-order chi connectivity index (χ1) is 13.5. The van der Waals surface area contributed by atoms with Gasteiger partial charge in [0.1, 0.15) is 19.2 Å². The summed E-state index contributed by atoms with van der Waals surface area (Å²) in [5.41, 5.74) is 3.77. The molecule has 9 nitrogen and oxygen atoms in total. The number of carboxylic acid groups (broad SMARTS) is 1. The predicted molar refractivity (Wildman–Crippen MR) is 100.0 cm³/mol. The van der Waals surface area contributed by atoms with Crippen LogP contribution in [-0.4, -0.2) is 58.4 Å². The number of aliphatic hydroxyl groups excluding tert-OH is 1. The molecule has 1 aromatic rings. The highest BCUT2D eigenvalue weighted by Gasteiger charge is 2.33. The third-order valence-electron chi connectivity index (χ3n) is 4.47. The van der Waals surface area contributed by atoms with Crippen molar-refractivity contribution in [1.29, 1.82) is 0 Å². The van der Waals surface area contributed by atoms with E-state index in [1.54, 1.807) is 0 Å². The summed E-state index contributed by atoms with van der Waals surface area (Å²) in [5.74, 6) is -1.66. The number of unbranched alkanes of at least 4 members (excludes halogenated alkanes) is 1. The lowest BCUT2D eigenvalue weighted by Crippen LogP contribution is -2.54. The Kier molecular flexibility index (Phi) is 8.70. The smallest absolute Gasteiger partial charge is 0.408 e. The van der Waals surface area contributed by atoms with Crippen molar-refractivity contribution in [2.24, 2.45) is 0 Å². The zero-order valence-corrected chi connectivity index (χ0v) is 15.7. The Morgan fingerprint density at radius 3 is 2.64 bits per heavy atom. The lowest BCUT2D eigenvalue weighted by atomic mass is 10.0. The van der Waals surface area contributed by atoms with E-state index in [4.69, 9.17) is 14.9 Å². The number of nitrogens with zero attached hydrogens (tertiary/aromatic N) is 1. The number of rotatable bonds is 9. The Balaban J connectivity index is 1.94. The Hall–Kier alpha value is -2.65. The van der Waals surface area contributed by atoms with Gasteiger partial charge in [-0.1, -0.05) is 30.3 Å². The van der Waals surface area contributed by atoms with Gasteiger partial charge in [0, 0.05) is 12.6 Å². The standard InChI is InChI=1S/C19H27N3O6/c23-11-5-4-8-15-9-10-16(18(26)22(21-15)12-17(24)25)20-19(27)28-13-14-6-2-1-3-7-14/h1-3,6-7,15-16,21,23H,4-5,8-13H2,(H,20,27)(H,24,25)/t15-,16?/m0/s1. The van der Waals surface area contributed by atoms with E-state index >= 15 is 0 Å². The van der Waals surface area contributed by atoms with Gasteiger partial charge in [0.15, 0.2) is 0 Å². The van der Waals surface area contributed by atoms with Crippen molar-refractivity contribution in [1.82, 2.24) is 15.8 Å². The number of carbonyl (C=O) groups excluding carboxylic acids is 2. The first-order valence-corrected chi connectivity index (χ1v) is 9.37. The van der Waals surface area contributed by atoms with Gasteiger partial charge in [0.25, 0.3) is 5.91 Å². The number of hydrazine groups is 1.